The monoisotopic (exact) mass is 566 g/mol. The summed E-state index contributed by atoms with van der Waals surface area (Å²) in [6.07, 6.45) is -1.18. The second-order valence-electron chi connectivity index (χ2n) is 10.6. The highest BCUT2D eigenvalue weighted by Crippen LogP contribution is 2.41. The van der Waals surface area contributed by atoms with Crippen LogP contribution in [0.25, 0.3) is 0 Å². The van der Waals surface area contributed by atoms with E-state index in [1.807, 2.05) is 0 Å². The maximum Gasteiger partial charge on any atom is 0.421 e. The third-order valence-corrected chi connectivity index (χ3v) is 7.57. The first kappa shape index (κ1) is 28.3. The van der Waals surface area contributed by atoms with E-state index in [2.05, 4.69) is 11.9 Å². The Morgan fingerprint density at radius 1 is 1.12 bits per heavy atom. The zero-order valence-electron chi connectivity index (χ0n) is 22.1. The molecule has 8 nitrogen and oxygen atoms in total. The number of alkyl halides is 3. The van der Waals surface area contributed by atoms with Crippen LogP contribution >= 0.6 is 0 Å². The Morgan fingerprint density at radius 3 is 2.55 bits per heavy atom. The highest BCUT2D eigenvalue weighted by molar-refractivity contribution is 6.06. The molecule has 2 atom stereocenters. The van der Waals surface area contributed by atoms with Gasteiger partial charge >= 0.3 is 12.1 Å². The fourth-order valence-electron chi connectivity index (χ4n) is 5.27. The van der Waals surface area contributed by atoms with E-state index >= 15 is 4.39 Å². The summed E-state index contributed by atoms with van der Waals surface area (Å²) in [6, 6.07) is 2.70. The van der Waals surface area contributed by atoms with Crippen LogP contribution in [0.15, 0.2) is 24.4 Å². The number of pyridine rings is 1. The number of esters is 1. The first-order chi connectivity index (χ1) is 19.0. The number of hydrogen-bond acceptors (Lipinski definition) is 7. The molecule has 2 aromatic rings. The van der Waals surface area contributed by atoms with Gasteiger partial charge in [-0.1, -0.05) is 6.92 Å². The lowest BCUT2D eigenvalue weighted by molar-refractivity contribution is -0.139. The molecule has 5 rings (SSSR count). The average molecular weight is 567 g/mol. The van der Waals surface area contributed by atoms with Crippen molar-refractivity contribution in [2.75, 3.05) is 18.1 Å². The molecule has 3 aliphatic rings. The third-order valence-electron chi connectivity index (χ3n) is 7.57. The summed E-state index contributed by atoms with van der Waals surface area (Å²) in [5.41, 5.74) is -1.27. The van der Waals surface area contributed by atoms with Gasteiger partial charge < -0.3 is 18.9 Å². The Kier molecular flexibility index (Phi) is 8.01. The highest BCUT2D eigenvalue weighted by atomic mass is 19.4. The van der Waals surface area contributed by atoms with E-state index in [0.29, 0.717) is 38.4 Å². The van der Waals surface area contributed by atoms with E-state index in [4.69, 9.17) is 18.9 Å². The van der Waals surface area contributed by atoms with E-state index in [-0.39, 0.29) is 41.4 Å². The quantitative estimate of drug-likeness (QED) is 0.313. The molecule has 0 bridgehead atoms. The van der Waals surface area contributed by atoms with Crippen LogP contribution in [0.5, 0.6) is 11.6 Å². The molecule has 1 aromatic carbocycles. The standard InChI is InChI=1S/C28H30F4N2O6/c1-15-3-5-18(6-4-15)26(35)34-16(2)39-27(36)20-10-24(22(29)11-23(20)34)40-25-21(28(30,31)32)9-17(12-33-25)13-38-19-7-8-37-14-19/h9-12,15-16,18-19H,3-8,13-14H2,1-2H3. The van der Waals surface area contributed by atoms with Crippen LogP contribution in [0.2, 0.25) is 0 Å². The van der Waals surface area contributed by atoms with Gasteiger partial charge in [0.05, 0.1) is 30.6 Å². The molecule has 40 heavy (non-hydrogen) atoms. The first-order valence-electron chi connectivity index (χ1n) is 13.3. The van der Waals surface area contributed by atoms with Crippen LogP contribution in [-0.2, 0) is 31.8 Å². The number of carbonyl (C=O) groups excluding carboxylic acids is 2. The molecule has 1 saturated heterocycles. The summed E-state index contributed by atoms with van der Waals surface area (Å²) in [5.74, 6) is -3.53. The SMILES string of the molecule is CC1CCC(C(=O)N2c3cc(F)c(Oc4ncc(COC5CCOC5)cc4C(F)(F)F)cc3C(=O)OC2C)CC1. The number of hydrogen-bond donors (Lipinski definition) is 0. The van der Waals surface area contributed by atoms with Crippen LogP contribution in [0.1, 0.15) is 67.4 Å². The van der Waals surface area contributed by atoms with Crippen molar-refractivity contribution in [2.45, 2.75) is 71.1 Å². The molecule has 216 valence electrons. The molecule has 1 aliphatic carbocycles. The van der Waals surface area contributed by atoms with Gasteiger partial charge in [-0.3, -0.25) is 9.69 Å². The van der Waals surface area contributed by atoms with Gasteiger partial charge in [-0.15, -0.1) is 0 Å². The summed E-state index contributed by atoms with van der Waals surface area (Å²) < 4.78 is 78.4. The molecule has 0 spiro atoms. The van der Waals surface area contributed by atoms with Crippen LogP contribution in [0.4, 0.5) is 23.2 Å². The Morgan fingerprint density at radius 2 is 1.88 bits per heavy atom. The third kappa shape index (κ3) is 5.92. The Labute approximate surface area is 228 Å². The Hall–Kier alpha value is -3.25. The lowest BCUT2D eigenvalue weighted by Crippen LogP contribution is -2.48. The van der Waals surface area contributed by atoms with Crippen molar-refractivity contribution < 1.29 is 46.1 Å². The van der Waals surface area contributed by atoms with Gasteiger partial charge in [0.15, 0.2) is 17.8 Å². The number of cyclic esters (lactones) is 1. The fraction of sp³-hybridized carbons (Fsp3) is 0.536. The average Bonchev–Trinajstić information content (AvgIpc) is 3.42. The second kappa shape index (κ2) is 11.3. The Balaban J connectivity index is 1.42. The number of rotatable bonds is 6. The number of carbonyl (C=O) groups is 2. The maximum absolute atomic E-state index is 15.3. The van der Waals surface area contributed by atoms with Crippen molar-refractivity contribution in [3.63, 3.8) is 0 Å². The van der Waals surface area contributed by atoms with Crippen LogP contribution in [0, 0.1) is 17.7 Å². The molecule has 12 heteroatoms. The highest BCUT2D eigenvalue weighted by Gasteiger charge is 2.40. The second-order valence-corrected chi connectivity index (χ2v) is 10.6. The zero-order valence-corrected chi connectivity index (χ0v) is 22.1. The van der Waals surface area contributed by atoms with Gasteiger partial charge in [0.25, 0.3) is 0 Å². The van der Waals surface area contributed by atoms with Crippen molar-refractivity contribution in [1.82, 2.24) is 4.98 Å². The summed E-state index contributed by atoms with van der Waals surface area (Å²) in [6.45, 7) is 4.39. The Bertz CT molecular complexity index is 1270. The molecule has 2 fully saturated rings. The van der Waals surface area contributed by atoms with Gasteiger partial charge in [-0.25, -0.2) is 14.2 Å². The summed E-state index contributed by atoms with van der Waals surface area (Å²) in [7, 11) is 0. The van der Waals surface area contributed by atoms with Gasteiger partial charge in [0.2, 0.25) is 11.8 Å². The van der Waals surface area contributed by atoms with Crippen LogP contribution < -0.4 is 9.64 Å². The maximum atomic E-state index is 15.3. The van der Waals surface area contributed by atoms with Crippen molar-refractivity contribution >= 4 is 17.6 Å². The van der Waals surface area contributed by atoms with Crippen molar-refractivity contribution in [1.29, 1.82) is 0 Å². The lowest BCUT2D eigenvalue weighted by Gasteiger charge is -2.37. The number of benzene rings is 1. The number of halogens is 4. The number of amides is 1. The molecule has 1 aromatic heterocycles. The lowest BCUT2D eigenvalue weighted by atomic mass is 9.82. The minimum atomic E-state index is -4.87. The summed E-state index contributed by atoms with van der Waals surface area (Å²) in [5, 5.41) is 0. The predicted octanol–water partition coefficient (Wildman–Crippen LogP) is 6.01. The smallest absolute Gasteiger partial charge is 0.421 e. The molecule has 1 saturated carbocycles. The topological polar surface area (TPSA) is 87.2 Å². The minimum Gasteiger partial charge on any atom is -0.438 e. The largest absolute Gasteiger partial charge is 0.438 e. The van der Waals surface area contributed by atoms with E-state index in [0.717, 1.165) is 37.2 Å². The number of nitrogens with zero attached hydrogens (tertiary/aromatic N) is 2. The molecule has 0 radical (unpaired) electrons. The van der Waals surface area contributed by atoms with E-state index < -0.39 is 41.4 Å². The number of ether oxygens (including phenoxy) is 4. The summed E-state index contributed by atoms with van der Waals surface area (Å²) in [4.78, 5) is 31.1. The molecule has 3 heterocycles. The molecular formula is C28H30F4N2O6. The molecule has 0 N–H and O–H groups in total. The van der Waals surface area contributed by atoms with Gasteiger partial charge in [-0.05, 0) is 56.6 Å². The summed E-state index contributed by atoms with van der Waals surface area (Å²) >= 11 is 0. The number of anilines is 1. The predicted molar refractivity (Wildman–Crippen MR) is 133 cm³/mol. The molecule has 2 unspecified atom stereocenters. The van der Waals surface area contributed by atoms with Crippen molar-refractivity contribution in [3.05, 3.63) is 46.9 Å². The molecule has 1 amide bonds. The van der Waals surface area contributed by atoms with Gasteiger partial charge in [0, 0.05) is 30.9 Å². The van der Waals surface area contributed by atoms with E-state index in [9.17, 15) is 22.8 Å². The molecule has 2 aliphatic heterocycles. The van der Waals surface area contributed by atoms with Gasteiger partial charge in [-0.2, -0.15) is 13.2 Å². The van der Waals surface area contributed by atoms with Crippen LogP contribution in [-0.4, -0.2) is 42.4 Å². The normalized spacial score (nSPS) is 24.9. The van der Waals surface area contributed by atoms with E-state index in [1.54, 1.807) is 0 Å². The zero-order chi connectivity index (χ0) is 28.6. The van der Waals surface area contributed by atoms with Crippen molar-refractivity contribution in [2.24, 2.45) is 11.8 Å². The first-order valence-corrected chi connectivity index (χ1v) is 13.3. The minimum absolute atomic E-state index is 0.00962. The number of aromatic nitrogens is 1. The van der Waals surface area contributed by atoms with Crippen molar-refractivity contribution in [3.8, 4) is 11.6 Å². The van der Waals surface area contributed by atoms with Gasteiger partial charge in [0.1, 0.15) is 5.56 Å². The van der Waals surface area contributed by atoms with Crippen LogP contribution in [0.3, 0.4) is 0 Å². The number of fused-ring (bicyclic) bond motifs is 1. The molecular weight excluding hydrogens is 536 g/mol. The van der Waals surface area contributed by atoms with E-state index in [1.165, 1.54) is 11.8 Å². The fourth-order valence-corrected chi connectivity index (χ4v) is 5.27.